The van der Waals surface area contributed by atoms with E-state index in [0.29, 0.717) is 28.7 Å². The van der Waals surface area contributed by atoms with Crippen LogP contribution in [0.1, 0.15) is 41.3 Å². The molecule has 134 valence electrons. The number of carbonyl (C=O) groups excluding carboxylic acids is 1. The maximum atomic E-state index is 12.4. The molecule has 2 rings (SSSR count). The van der Waals surface area contributed by atoms with Gasteiger partial charge in [-0.05, 0) is 17.0 Å². The largest absolute Gasteiger partial charge is 0.496 e. The number of ether oxygens (including phenoxy) is 4. The van der Waals surface area contributed by atoms with E-state index < -0.39 is 5.97 Å². The molecule has 0 bridgehead atoms. The molecule has 0 aliphatic heterocycles. The monoisotopic (exact) mass is 344 g/mol. The number of carbonyl (C=O) groups is 1. The second-order valence-electron chi connectivity index (χ2n) is 5.88. The molecule has 0 aromatic heterocycles. The minimum atomic E-state index is -0.481. The minimum Gasteiger partial charge on any atom is -0.496 e. The van der Waals surface area contributed by atoms with E-state index in [1.165, 1.54) is 26.9 Å². The Hall–Kier alpha value is -2.69. The van der Waals surface area contributed by atoms with Crippen LogP contribution in [-0.2, 0) is 11.3 Å². The highest BCUT2D eigenvalue weighted by Crippen LogP contribution is 2.35. The van der Waals surface area contributed by atoms with Gasteiger partial charge in [0, 0.05) is 12.1 Å². The minimum absolute atomic E-state index is 0.189. The van der Waals surface area contributed by atoms with E-state index in [0.717, 1.165) is 5.56 Å². The SMILES string of the molecule is COc1cc(OC)c(C(=O)OCc2ccc(C(C)C)cc2)cc1OC. The molecule has 25 heavy (non-hydrogen) atoms. The molecular formula is C20H24O5. The molecule has 5 heteroatoms. The Bertz CT molecular complexity index is 720. The number of benzene rings is 2. The molecule has 0 heterocycles. The van der Waals surface area contributed by atoms with Crippen molar-refractivity contribution in [2.24, 2.45) is 0 Å². The summed E-state index contributed by atoms with van der Waals surface area (Å²) in [5.41, 5.74) is 2.47. The zero-order valence-electron chi connectivity index (χ0n) is 15.3. The molecule has 2 aromatic carbocycles. The highest BCUT2D eigenvalue weighted by atomic mass is 16.5. The van der Waals surface area contributed by atoms with Crippen LogP contribution in [0.15, 0.2) is 36.4 Å². The Kier molecular flexibility index (Phi) is 6.28. The fourth-order valence-electron chi connectivity index (χ4n) is 2.41. The summed E-state index contributed by atoms with van der Waals surface area (Å²) in [4.78, 5) is 12.4. The third kappa shape index (κ3) is 4.44. The number of rotatable bonds is 7. The summed E-state index contributed by atoms with van der Waals surface area (Å²) in [6.07, 6.45) is 0. The van der Waals surface area contributed by atoms with Gasteiger partial charge >= 0.3 is 5.97 Å². The maximum absolute atomic E-state index is 12.4. The van der Waals surface area contributed by atoms with Crippen LogP contribution in [0.5, 0.6) is 17.2 Å². The summed E-state index contributed by atoms with van der Waals surface area (Å²) < 4.78 is 21.1. The maximum Gasteiger partial charge on any atom is 0.342 e. The summed E-state index contributed by atoms with van der Waals surface area (Å²) in [5, 5.41) is 0. The van der Waals surface area contributed by atoms with Gasteiger partial charge in [0.15, 0.2) is 11.5 Å². The van der Waals surface area contributed by atoms with Crippen LogP contribution in [-0.4, -0.2) is 27.3 Å². The van der Waals surface area contributed by atoms with Gasteiger partial charge in [0.1, 0.15) is 17.9 Å². The average Bonchev–Trinajstić information content (AvgIpc) is 2.65. The third-order valence-corrected chi connectivity index (χ3v) is 3.94. The Labute approximate surface area is 148 Å². The van der Waals surface area contributed by atoms with Crippen molar-refractivity contribution < 1.29 is 23.7 Å². The van der Waals surface area contributed by atoms with Crippen LogP contribution in [0.3, 0.4) is 0 Å². The summed E-state index contributed by atoms with van der Waals surface area (Å²) in [5.74, 6) is 1.29. The van der Waals surface area contributed by atoms with Gasteiger partial charge < -0.3 is 18.9 Å². The molecule has 0 saturated carbocycles. The molecule has 0 aliphatic rings. The number of methoxy groups -OCH3 is 3. The normalized spacial score (nSPS) is 10.5. The Morgan fingerprint density at radius 2 is 1.44 bits per heavy atom. The van der Waals surface area contributed by atoms with Crippen molar-refractivity contribution in [2.45, 2.75) is 26.4 Å². The molecule has 0 fully saturated rings. The lowest BCUT2D eigenvalue weighted by atomic mass is 10.0. The predicted octanol–water partition coefficient (Wildman–Crippen LogP) is 4.19. The highest BCUT2D eigenvalue weighted by molar-refractivity contribution is 5.93. The Morgan fingerprint density at radius 1 is 0.880 bits per heavy atom. The van der Waals surface area contributed by atoms with Gasteiger partial charge in [-0.2, -0.15) is 0 Å². The van der Waals surface area contributed by atoms with E-state index in [1.807, 2.05) is 24.3 Å². The first-order valence-electron chi connectivity index (χ1n) is 8.06. The first kappa shape index (κ1) is 18.6. The van der Waals surface area contributed by atoms with Crippen molar-refractivity contribution in [2.75, 3.05) is 21.3 Å². The molecule has 0 radical (unpaired) electrons. The zero-order chi connectivity index (χ0) is 18.4. The van der Waals surface area contributed by atoms with Gasteiger partial charge in [0.25, 0.3) is 0 Å². The first-order chi connectivity index (χ1) is 12.0. The van der Waals surface area contributed by atoms with Crippen LogP contribution in [0.4, 0.5) is 0 Å². The zero-order valence-corrected chi connectivity index (χ0v) is 15.3. The topological polar surface area (TPSA) is 54.0 Å². The van der Waals surface area contributed by atoms with Gasteiger partial charge in [-0.3, -0.25) is 0 Å². The van der Waals surface area contributed by atoms with E-state index in [2.05, 4.69) is 13.8 Å². The molecule has 0 aliphatic carbocycles. The van der Waals surface area contributed by atoms with Crippen LogP contribution in [0, 0.1) is 0 Å². The number of hydrogen-bond donors (Lipinski definition) is 0. The van der Waals surface area contributed by atoms with Gasteiger partial charge in [-0.15, -0.1) is 0 Å². The van der Waals surface area contributed by atoms with E-state index >= 15 is 0 Å². The molecule has 0 spiro atoms. The Morgan fingerprint density at radius 3 is 1.96 bits per heavy atom. The fourth-order valence-corrected chi connectivity index (χ4v) is 2.41. The lowest BCUT2D eigenvalue weighted by Crippen LogP contribution is -2.08. The standard InChI is InChI=1S/C20H24O5/c1-13(2)15-8-6-14(7-9-15)12-25-20(21)16-10-18(23-4)19(24-5)11-17(16)22-3/h6-11,13H,12H2,1-5H3. The quantitative estimate of drug-likeness (QED) is 0.705. The van der Waals surface area contributed by atoms with E-state index in [4.69, 9.17) is 18.9 Å². The predicted molar refractivity (Wildman–Crippen MR) is 95.7 cm³/mol. The molecule has 5 nitrogen and oxygen atoms in total. The lowest BCUT2D eigenvalue weighted by molar-refractivity contribution is 0.0468. The summed E-state index contributed by atoms with van der Waals surface area (Å²) in [6.45, 7) is 4.46. The van der Waals surface area contributed by atoms with Crippen molar-refractivity contribution in [3.8, 4) is 17.2 Å². The Balaban J connectivity index is 2.14. The summed E-state index contributed by atoms with van der Waals surface area (Å²) in [6, 6.07) is 11.2. The van der Waals surface area contributed by atoms with Crippen LogP contribution in [0.25, 0.3) is 0 Å². The molecule has 0 saturated heterocycles. The van der Waals surface area contributed by atoms with Crippen molar-refractivity contribution in [3.63, 3.8) is 0 Å². The van der Waals surface area contributed by atoms with Gasteiger partial charge in [0.05, 0.1) is 21.3 Å². The van der Waals surface area contributed by atoms with E-state index in [9.17, 15) is 4.79 Å². The molecule has 0 atom stereocenters. The van der Waals surface area contributed by atoms with Crippen LogP contribution < -0.4 is 14.2 Å². The van der Waals surface area contributed by atoms with Crippen molar-refractivity contribution in [3.05, 3.63) is 53.1 Å². The first-order valence-corrected chi connectivity index (χ1v) is 8.06. The fraction of sp³-hybridized carbons (Fsp3) is 0.350. The second-order valence-corrected chi connectivity index (χ2v) is 5.88. The highest BCUT2D eigenvalue weighted by Gasteiger charge is 2.19. The second kappa shape index (κ2) is 8.42. The van der Waals surface area contributed by atoms with Gasteiger partial charge in [-0.1, -0.05) is 38.1 Å². The molecular weight excluding hydrogens is 320 g/mol. The third-order valence-electron chi connectivity index (χ3n) is 3.94. The van der Waals surface area contributed by atoms with Gasteiger partial charge in [-0.25, -0.2) is 4.79 Å². The van der Waals surface area contributed by atoms with Crippen molar-refractivity contribution >= 4 is 5.97 Å². The average molecular weight is 344 g/mol. The van der Waals surface area contributed by atoms with E-state index in [-0.39, 0.29) is 6.61 Å². The molecule has 2 aromatic rings. The molecule has 0 unspecified atom stereocenters. The number of esters is 1. The smallest absolute Gasteiger partial charge is 0.342 e. The summed E-state index contributed by atoms with van der Waals surface area (Å²) in [7, 11) is 4.52. The van der Waals surface area contributed by atoms with E-state index in [1.54, 1.807) is 12.1 Å². The van der Waals surface area contributed by atoms with Crippen LogP contribution >= 0.6 is 0 Å². The van der Waals surface area contributed by atoms with Crippen molar-refractivity contribution in [1.82, 2.24) is 0 Å². The molecule has 0 N–H and O–H groups in total. The van der Waals surface area contributed by atoms with Gasteiger partial charge in [0.2, 0.25) is 0 Å². The lowest BCUT2D eigenvalue weighted by Gasteiger charge is -2.14. The van der Waals surface area contributed by atoms with Crippen molar-refractivity contribution in [1.29, 1.82) is 0 Å². The molecule has 0 amide bonds. The van der Waals surface area contributed by atoms with Crippen LogP contribution in [0.2, 0.25) is 0 Å². The number of hydrogen-bond acceptors (Lipinski definition) is 5. The summed E-state index contributed by atoms with van der Waals surface area (Å²) >= 11 is 0.